The van der Waals surface area contributed by atoms with Crippen molar-refractivity contribution in [1.82, 2.24) is 4.90 Å². The van der Waals surface area contributed by atoms with Crippen LogP contribution in [0.2, 0.25) is 0 Å². The van der Waals surface area contributed by atoms with Crippen molar-refractivity contribution in [3.8, 4) is 6.07 Å². The van der Waals surface area contributed by atoms with Crippen molar-refractivity contribution in [2.24, 2.45) is 5.92 Å². The van der Waals surface area contributed by atoms with Gasteiger partial charge in [-0.3, -0.25) is 9.59 Å². The zero-order chi connectivity index (χ0) is 22.4. The van der Waals surface area contributed by atoms with E-state index in [2.05, 4.69) is 23.0 Å². The van der Waals surface area contributed by atoms with Crippen molar-refractivity contribution in [2.75, 3.05) is 14.2 Å². The fourth-order valence-electron chi connectivity index (χ4n) is 3.24. The van der Waals surface area contributed by atoms with Gasteiger partial charge in [0, 0.05) is 19.0 Å². The summed E-state index contributed by atoms with van der Waals surface area (Å²) in [4.78, 5) is 41.9. The van der Waals surface area contributed by atoms with E-state index in [-0.39, 0.29) is 24.3 Å². The average molecular weight is 416 g/mol. The Morgan fingerprint density at radius 2 is 1.83 bits per heavy atom. The predicted octanol–water partition coefficient (Wildman–Crippen LogP) is 4.06. The van der Waals surface area contributed by atoms with E-state index in [9.17, 15) is 14.4 Å². The molecule has 0 radical (unpaired) electrons. The van der Waals surface area contributed by atoms with Gasteiger partial charge < -0.3 is 14.4 Å². The molecule has 0 spiro atoms. The fourth-order valence-corrected chi connectivity index (χ4v) is 3.24. The molecule has 1 unspecified atom stereocenters. The van der Waals surface area contributed by atoms with Gasteiger partial charge in [0.1, 0.15) is 5.60 Å². The standard InChI is InChI=1S/C23H31N2O5/c1-22(2,3)30-21(28)24-16-18(20(27)29-5)11-12-19(26)25(4)23(13-14-23)15-17-9-7-6-8-10-17/h6-10,18H,11-15H2,1-5H3/q+1. The molecule has 30 heavy (non-hydrogen) atoms. The van der Waals surface area contributed by atoms with E-state index in [0.717, 1.165) is 19.3 Å². The van der Waals surface area contributed by atoms with Gasteiger partial charge in [-0.15, -0.1) is 0 Å². The van der Waals surface area contributed by atoms with Crippen molar-refractivity contribution in [2.45, 2.75) is 64.0 Å². The number of rotatable bonds is 7. The van der Waals surface area contributed by atoms with Gasteiger partial charge in [-0.05, 0) is 52.0 Å². The number of amides is 2. The highest BCUT2D eigenvalue weighted by atomic mass is 16.6. The average Bonchev–Trinajstić information content (AvgIpc) is 3.46. The van der Waals surface area contributed by atoms with Gasteiger partial charge in [0.15, 0.2) is 5.92 Å². The number of carbonyl (C=O) groups excluding carboxylic acids is 3. The molecule has 1 aromatic rings. The number of esters is 1. The van der Waals surface area contributed by atoms with Crippen molar-refractivity contribution in [3.05, 3.63) is 40.7 Å². The first-order chi connectivity index (χ1) is 14.1. The molecule has 7 heteroatoms. The number of benzene rings is 1. The Balaban J connectivity index is 1.97. The minimum Gasteiger partial charge on any atom is -0.468 e. The molecule has 1 fully saturated rings. The Morgan fingerprint density at radius 1 is 1.20 bits per heavy atom. The summed E-state index contributed by atoms with van der Waals surface area (Å²) in [5, 5.41) is 0. The first-order valence-corrected chi connectivity index (χ1v) is 10.1. The molecule has 7 nitrogen and oxygen atoms in total. The molecule has 0 bridgehead atoms. The summed E-state index contributed by atoms with van der Waals surface area (Å²) in [6.07, 6.45) is 2.17. The maximum Gasteiger partial charge on any atom is 0.728 e. The van der Waals surface area contributed by atoms with Gasteiger partial charge in [-0.1, -0.05) is 30.3 Å². The number of likely N-dealkylation sites (N-methyl/N-ethyl adjacent to an activating group) is 1. The summed E-state index contributed by atoms with van der Waals surface area (Å²) in [5.74, 6) is -1.57. The van der Waals surface area contributed by atoms with Gasteiger partial charge in [0.05, 0.1) is 12.0 Å². The molecule has 1 aliphatic rings. The molecule has 162 valence electrons. The van der Waals surface area contributed by atoms with E-state index < -0.39 is 23.6 Å². The van der Waals surface area contributed by atoms with Gasteiger partial charge in [-0.2, -0.15) is 4.79 Å². The molecule has 0 heterocycles. The molecule has 1 saturated carbocycles. The van der Waals surface area contributed by atoms with E-state index in [1.165, 1.54) is 12.7 Å². The van der Waals surface area contributed by atoms with E-state index in [0.29, 0.717) is 0 Å². The first-order valence-electron chi connectivity index (χ1n) is 10.1. The van der Waals surface area contributed by atoms with Crippen LogP contribution in [0.1, 0.15) is 52.0 Å². The van der Waals surface area contributed by atoms with Crippen LogP contribution in [0.4, 0.5) is 4.79 Å². The van der Waals surface area contributed by atoms with E-state index >= 15 is 0 Å². The highest BCUT2D eigenvalue weighted by Gasteiger charge is 2.48. The molecule has 2 rings (SSSR count). The topological polar surface area (TPSA) is 77.3 Å². The summed E-state index contributed by atoms with van der Waals surface area (Å²) in [6, 6.07) is 12.6. The number of hydrogen-bond acceptors (Lipinski definition) is 5. The van der Waals surface area contributed by atoms with Gasteiger partial charge >= 0.3 is 18.1 Å². The molecule has 1 atom stereocenters. The summed E-state index contributed by atoms with van der Waals surface area (Å²) >= 11 is 0. The minimum absolute atomic E-state index is 0.0589. The largest absolute Gasteiger partial charge is 0.728 e. The maximum atomic E-state index is 12.8. The fraction of sp³-hybridized carbons (Fsp3) is 0.565. The number of hydrogen-bond donors (Lipinski definition) is 0. The van der Waals surface area contributed by atoms with E-state index in [1.54, 1.807) is 25.7 Å². The van der Waals surface area contributed by atoms with Crippen LogP contribution >= 0.6 is 0 Å². The van der Waals surface area contributed by atoms with Gasteiger partial charge in [0.2, 0.25) is 5.91 Å². The highest BCUT2D eigenvalue weighted by molar-refractivity contribution is 5.83. The molecule has 0 saturated heterocycles. The Hall–Kier alpha value is -2.88. The lowest BCUT2D eigenvalue weighted by molar-refractivity contribution is -0.143. The second-order valence-electron chi connectivity index (χ2n) is 8.68. The second-order valence-corrected chi connectivity index (χ2v) is 8.68. The zero-order valence-electron chi connectivity index (χ0n) is 18.4. The third-order valence-electron chi connectivity index (χ3n) is 5.13. The molecular formula is C23H31N2O5+. The smallest absolute Gasteiger partial charge is 0.468 e. The molecule has 2 amide bonds. The SMILES string of the molecule is COC(=O)C(C#[N+]C(=O)OC(C)(C)C)CCC(=O)N(C)C1(Cc2ccccc2)CC1. The van der Waals surface area contributed by atoms with Crippen molar-refractivity contribution in [1.29, 1.82) is 0 Å². The van der Waals surface area contributed by atoms with Crippen molar-refractivity contribution in [3.63, 3.8) is 0 Å². The zero-order valence-corrected chi connectivity index (χ0v) is 18.4. The Morgan fingerprint density at radius 3 is 2.37 bits per heavy atom. The Bertz CT molecular complexity index is 829. The molecular weight excluding hydrogens is 384 g/mol. The lowest BCUT2D eigenvalue weighted by Crippen LogP contribution is -2.40. The lowest BCUT2D eigenvalue weighted by atomic mass is 10.0. The predicted molar refractivity (Wildman–Crippen MR) is 113 cm³/mol. The Kier molecular flexibility index (Phi) is 7.60. The third kappa shape index (κ3) is 6.87. The van der Waals surface area contributed by atoms with Crippen LogP contribution in [0.15, 0.2) is 30.3 Å². The van der Waals surface area contributed by atoms with Crippen LogP contribution in [0, 0.1) is 12.0 Å². The van der Waals surface area contributed by atoms with E-state index in [1.807, 2.05) is 25.2 Å². The molecule has 0 aliphatic heterocycles. The maximum absolute atomic E-state index is 12.8. The van der Waals surface area contributed by atoms with Gasteiger partial charge in [0.25, 0.3) is 0 Å². The number of methoxy groups -OCH3 is 1. The molecule has 1 aromatic carbocycles. The normalized spacial score (nSPS) is 15.2. The number of carbonyl (C=O) groups is 3. The molecule has 0 N–H and O–H groups in total. The summed E-state index contributed by atoms with van der Waals surface area (Å²) in [5.41, 5.74) is 0.340. The second kappa shape index (κ2) is 9.75. The van der Waals surface area contributed by atoms with Crippen molar-refractivity contribution >= 4 is 18.0 Å². The summed E-state index contributed by atoms with van der Waals surface area (Å²) < 4.78 is 9.84. The molecule has 0 aromatic heterocycles. The number of ether oxygens (including phenoxy) is 2. The van der Waals surface area contributed by atoms with Crippen molar-refractivity contribution < 1.29 is 23.9 Å². The first kappa shape index (κ1) is 23.4. The van der Waals surface area contributed by atoms with Crippen LogP contribution in [-0.4, -0.2) is 48.2 Å². The van der Waals surface area contributed by atoms with Crippen LogP contribution < -0.4 is 0 Å². The summed E-state index contributed by atoms with van der Waals surface area (Å²) in [7, 11) is 3.06. The third-order valence-corrected chi connectivity index (χ3v) is 5.13. The Labute approximate surface area is 178 Å². The van der Waals surface area contributed by atoms with Crippen LogP contribution in [0.5, 0.6) is 0 Å². The van der Waals surface area contributed by atoms with Crippen LogP contribution in [0.3, 0.4) is 0 Å². The van der Waals surface area contributed by atoms with Crippen LogP contribution in [-0.2, 0) is 25.5 Å². The summed E-state index contributed by atoms with van der Waals surface area (Å²) in [6.45, 7) is 5.15. The molecule has 1 aliphatic carbocycles. The van der Waals surface area contributed by atoms with Crippen LogP contribution in [0.25, 0.3) is 4.85 Å². The quantitative estimate of drug-likeness (QED) is 0.628. The minimum atomic E-state index is -0.913. The lowest BCUT2D eigenvalue weighted by Gasteiger charge is -2.28. The number of nitrogens with zero attached hydrogens (tertiary/aromatic N) is 2. The highest BCUT2D eigenvalue weighted by Crippen LogP contribution is 2.44. The monoisotopic (exact) mass is 415 g/mol. The van der Waals surface area contributed by atoms with E-state index in [4.69, 9.17) is 9.47 Å². The van der Waals surface area contributed by atoms with Gasteiger partial charge in [-0.25, -0.2) is 0 Å².